The molecule has 4 aromatic carbocycles. The molecular weight excluding hydrogens is 562 g/mol. The second-order valence-electron chi connectivity index (χ2n) is 11.0. The van der Waals surface area contributed by atoms with Crippen molar-refractivity contribution in [1.29, 1.82) is 0 Å². The molecule has 222 valence electrons. The number of nitrogens with zero attached hydrogens (tertiary/aromatic N) is 1. The Bertz CT molecular complexity index is 1730. The lowest BCUT2D eigenvalue weighted by Crippen LogP contribution is -2.54. The Kier molecular flexibility index (Phi) is 8.40. The molecule has 0 spiro atoms. The maximum atomic E-state index is 13.4. The molecule has 1 aliphatic rings. The summed E-state index contributed by atoms with van der Waals surface area (Å²) >= 11 is 0. The van der Waals surface area contributed by atoms with Crippen molar-refractivity contribution in [3.8, 4) is 11.5 Å². The highest BCUT2D eigenvalue weighted by Gasteiger charge is 2.32. The van der Waals surface area contributed by atoms with Gasteiger partial charge in [0.2, 0.25) is 0 Å². The smallest absolute Gasteiger partial charge is 0.366 e. The van der Waals surface area contributed by atoms with E-state index in [1.807, 2.05) is 66.7 Å². The highest BCUT2D eigenvalue weighted by molar-refractivity contribution is 7.84. The second-order valence-corrected chi connectivity index (χ2v) is 12.4. The summed E-state index contributed by atoms with van der Waals surface area (Å²) in [7, 11) is 0.173. The number of hydrogen-bond acceptors (Lipinski definition) is 7. The number of amides is 2. The number of carbonyl (C=O) groups excluding carboxylic acids is 1. The zero-order valence-electron chi connectivity index (χ0n) is 24.7. The molecule has 0 fully saturated rings. The van der Waals surface area contributed by atoms with Crippen molar-refractivity contribution in [1.82, 2.24) is 5.32 Å². The molecule has 1 heterocycles. The summed E-state index contributed by atoms with van der Waals surface area (Å²) in [4.78, 5) is 18.4. The summed E-state index contributed by atoms with van der Waals surface area (Å²) in [5.74, 6) is -0.361. The summed E-state index contributed by atoms with van der Waals surface area (Å²) in [6.07, 6.45) is 6.80. The molecule has 1 aliphatic heterocycles. The average molecular weight is 598 g/mol. The van der Waals surface area contributed by atoms with Crippen LogP contribution in [0.15, 0.2) is 101 Å². The Balaban J connectivity index is 1.44. The largest absolute Gasteiger partial charge is 0.493 e. The molecule has 0 saturated carbocycles. The average Bonchev–Trinajstić information content (AvgIpc) is 2.98. The van der Waals surface area contributed by atoms with Crippen molar-refractivity contribution in [2.24, 2.45) is 4.99 Å². The molecule has 10 heteroatoms. The molecule has 43 heavy (non-hydrogen) atoms. The van der Waals surface area contributed by atoms with E-state index in [1.165, 1.54) is 7.11 Å². The number of aliphatic imine (C=N–C) groups is 1. The fraction of sp³-hybridized carbons (Fsp3) is 0.212. The zero-order chi connectivity index (χ0) is 30.6. The number of anilines is 3. The quantitative estimate of drug-likeness (QED) is 0.166. The van der Waals surface area contributed by atoms with Gasteiger partial charge in [0.25, 0.3) is 0 Å². The molecule has 2 amide bonds. The van der Waals surface area contributed by atoms with Crippen molar-refractivity contribution in [2.45, 2.75) is 37.1 Å². The van der Waals surface area contributed by atoms with Gasteiger partial charge in [-0.1, -0.05) is 63.2 Å². The number of para-hydroxylation sites is 1. The summed E-state index contributed by atoms with van der Waals surface area (Å²) < 4.78 is 24.6. The minimum atomic E-state index is -1.32. The van der Waals surface area contributed by atoms with E-state index in [0.29, 0.717) is 27.8 Å². The molecule has 4 N–H and O–H groups in total. The number of fused-ring (bicyclic) bond motifs is 1. The Morgan fingerprint density at radius 1 is 0.930 bits per heavy atom. The van der Waals surface area contributed by atoms with Crippen LogP contribution in [0.4, 0.5) is 21.9 Å². The normalized spacial score (nSPS) is 16.7. The van der Waals surface area contributed by atoms with Gasteiger partial charge in [0.15, 0.2) is 5.75 Å². The number of methoxy groups -OCH3 is 1. The van der Waals surface area contributed by atoms with Gasteiger partial charge in [-0.05, 0) is 53.5 Å². The van der Waals surface area contributed by atoms with E-state index in [2.05, 4.69) is 47.0 Å². The third kappa shape index (κ3) is 6.65. The van der Waals surface area contributed by atoms with Crippen molar-refractivity contribution >= 4 is 50.9 Å². The molecule has 0 saturated heterocycles. The van der Waals surface area contributed by atoms with E-state index >= 15 is 0 Å². The summed E-state index contributed by atoms with van der Waals surface area (Å²) in [6.45, 7) is 6.17. The molecule has 9 nitrogen and oxygen atoms in total. The first-order chi connectivity index (χ1) is 20.6. The number of urea groups is 1. The van der Waals surface area contributed by atoms with Gasteiger partial charge in [0.05, 0.1) is 34.2 Å². The first-order valence-electron chi connectivity index (χ1n) is 13.7. The molecule has 4 aromatic rings. The third-order valence-electron chi connectivity index (χ3n) is 6.88. The van der Waals surface area contributed by atoms with E-state index < -0.39 is 22.8 Å². The van der Waals surface area contributed by atoms with Crippen LogP contribution in [0, 0.1) is 0 Å². The van der Waals surface area contributed by atoms with E-state index in [0.717, 1.165) is 22.0 Å². The Hall–Kier alpha value is -4.83. The van der Waals surface area contributed by atoms with Gasteiger partial charge >= 0.3 is 12.0 Å². The fourth-order valence-corrected chi connectivity index (χ4v) is 5.46. The summed E-state index contributed by atoms with van der Waals surface area (Å²) in [5.41, 5.74) is 2.52. The molecule has 2 unspecified atom stereocenters. The van der Waals surface area contributed by atoms with Crippen molar-refractivity contribution in [2.75, 3.05) is 29.3 Å². The fourth-order valence-electron chi connectivity index (χ4n) is 4.71. The van der Waals surface area contributed by atoms with Gasteiger partial charge in [-0.25, -0.2) is 9.79 Å². The highest BCUT2D eigenvalue weighted by atomic mass is 32.2. The van der Waals surface area contributed by atoms with Crippen LogP contribution in [0.3, 0.4) is 0 Å². The molecule has 5 rings (SSSR count). The lowest BCUT2D eigenvalue weighted by molar-refractivity contribution is 0.0875. The Labute approximate surface area is 253 Å². The summed E-state index contributed by atoms with van der Waals surface area (Å²) in [5, 5.41) is 13.9. The van der Waals surface area contributed by atoms with Crippen LogP contribution in [-0.2, 0) is 16.2 Å². The van der Waals surface area contributed by atoms with E-state index in [1.54, 1.807) is 36.9 Å². The van der Waals surface area contributed by atoms with Gasteiger partial charge in [-0.3, -0.25) is 4.21 Å². The van der Waals surface area contributed by atoms with Gasteiger partial charge in [-0.2, -0.15) is 0 Å². The van der Waals surface area contributed by atoms with Crippen LogP contribution < -0.4 is 30.7 Å². The van der Waals surface area contributed by atoms with Gasteiger partial charge in [0.1, 0.15) is 5.75 Å². The number of nitrogens with one attached hydrogen (secondary N) is 4. The van der Waals surface area contributed by atoms with Crippen molar-refractivity contribution < 1.29 is 18.5 Å². The predicted molar refractivity (Wildman–Crippen MR) is 175 cm³/mol. The number of carbonyl (C=O) groups is 1. The van der Waals surface area contributed by atoms with Gasteiger partial charge in [-0.15, -0.1) is 0 Å². The zero-order valence-corrected chi connectivity index (χ0v) is 25.5. The number of hydrogen-bond donors (Lipinski definition) is 4. The monoisotopic (exact) mass is 597 g/mol. The first kappa shape index (κ1) is 29.7. The Morgan fingerprint density at radius 3 is 2.28 bits per heavy atom. The molecule has 2 atom stereocenters. The van der Waals surface area contributed by atoms with Crippen LogP contribution in [0.1, 0.15) is 26.3 Å². The minimum Gasteiger partial charge on any atom is -0.493 e. The van der Waals surface area contributed by atoms with Gasteiger partial charge in [0, 0.05) is 35.1 Å². The first-order valence-corrected chi connectivity index (χ1v) is 15.3. The SMILES string of the molecule is COc1c(NC(=O)Nc2ccc(OC3(Nc4ccccc4)N=CC=CN3)c3ccccc23)cc(C(C)(C)C)cc1S(C)=O. The van der Waals surface area contributed by atoms with E-state index in [4.69, 9.17) is 9.47 Å². The maximum Gasteiger partial charge on any atom is 0.366 e. The molecule has 0 aliphatic carbocycles. The molecular formula is C33H35N5O4S. The minimum absolute atomic E-state index is 0.237. The lowest BCUT2D eigenvalue weighted by atomic mass is 9.86. The van der Waals surface area contributed by atoms with Crippen LogP contribution in [0.2, 0.25) is 0 Å². The number of benzene rings is 4. The van der Waals surface area contributed by atoms with Crippen LogP contribution in [0.5, 0.6) is 11.5 Å². The van der Waals surface area contributed by atoms with Crippen LogP contribution >= 0.6 is 0 Å². The van der Waals surface area contributed by atoms with Crippen molar-refractivity contribution in [3.05, 3.63) is 96.7 Å². The standard InChI is InChI=1S/C33H35N5O4S/c1-32(2,3)22-20-27(30(41-4)29(21-22)43(5)40)37-31(39)36-26-16-17-28(25-15-10-9-14-24(25)26)42-33(34-18-11-19-35-33)38-23-12-7-6-8-13-23/h6-21,34,38H,1-5H3,(H2,36,37,39). The Morgan fingerprint density at radius 2 is 1.63 bits per heavy atom. The molecule has 0 bridgehead atoms. The van der Waals surface area contributed by atoms with Crippen molar-refractivity contribution in [3.63, 3.8) is 0 Å². The third-order valence-corrected chi connectivity index (χ3v) is 7.80. The van der Waals surface area contributed by atoms with Crippen LogP contribution in [-0.4, -0.2) is 35.8 Å². The number of rotatable bonds is 8. The topological polar surface area (TPSA) is 113 Å². The molecule has 0 radical (unpaired) electrons. The van der Waals surface area contributed by atoms with Gasteiger partial charge < -0.3 is 30.7 Å². The highest BCUT2D eigenvalue weighted by Crippen LogP contribution is 2.38. The second kappa shape index (κ2) is 12.2. The lowest BCUT2D eigenvalue weighted by Gasteiger charge is -2.33. The van der Waals surface area contributed by atoms with Crippen LogP contribution in [0.25, 0.3) is 10.8 Å². The number of ether oxygens (including phenoxy) is 2. The van der Waals surface area contributed by atoms with E-state index in [9.17, 15) is 9.00 Å². The predicted octanol–water partition coefficient (Wildman–Crippen LogP) is 6.82. The van der Waals surface area contributed by atoms with E-state index in [-0.39, 0.29) is 5.41 Å². The summed E-state index contributed by atoms with van der Waals surface area (Å²) in [6, 6.07) is 24.1. The molecule has 0 aromatic heterocycles. The number of allylic oxidation sites excluding steroid dienone is 1. The maximum absolute atomic E-state index is 13.4.